The molecule has 1 aliphatic heterocycles. The second-order valence-electron chi connectivity index (χ2n) is 2.89. The predicted molar refractivity (Wildman–Crippen MR) is 54.1 cm³/mol. The van der Waals surface area contributed by atoms with E-state index in [9.17, 15) is 4.79 Å². The second-order valence-corrected chi connectivity index (χ2v) is 2.89. The summed E-state index contributed by atoms with van der Waals surface area (Å²) in [6.07, 6.45) is 0.978. The van der Waals surface area contributed by atoms with Crippen molar-refractivity contribution in [3.63, 3.8) is 0 Å². The maximum absolute atomic E-state index is 10.8. The van der Waals surface area contributed by atoms with E-state index in [1.807, 2.05) is 41.5 Å². The lowest BCUT2D eigenvalue weighted by Gasteiger charge is -2.10. The van der Waals surface area contributed by atoms with E-state index in [1.54, 1.807) is 0 Å². The van der Waals surface area contributed by atoms with E-state index in [-0.39, 0.29) is 11.3 Å². The zero-order valence-electron chi connectivity index (χ0n) is 9.32. The lowest BCUT2D eigenvalue weighted by atomic mass is 9.92. The number of nitrogens with one attached hydrogen (secondary N) is 1. The maximum Gasteiger partial charge on any atom is 0.225 e. The molecule has 1 aliphatic rings. The topological polar surface area (TPSA) is 29.1 Å². The number of hydrogen-bond donors (Lipinski definition) is 1. The van der Waals surface area contributed by atoms with Crippen LogP contribution in [0.4, 0.5) is 0 Å². The number of amides is 1. The van der Waals surface area contributed by atoms with Gasteiger partial charge in [-0.05, 0) is 6.42 Å². The summed E-state index contributed by atoms with van der Waals surface area (Å²) >= 11 is 0. The molecule has 0 saturated carbocycles. The van der Waals surface area contributed by atoms with Crippen molar-refractivity contribution in [3.05, 3.63) is 0 Å². The zero-order chi connectivity index (χ0) is 10.2. The van der Waals surface area contributed by atoms with Gasteiger partial charge < -0.3 is 5.32 Å². The minimum absolute atomic E-state index is 0.0972. The molecule has 0 aromatic carbocycles. The second kappa shape index (κ2) is 7.14. The molecule has 0 bridgehead atoms. The monoisotopic (exact) mass is 173 g/mol. The molecule has 74 valence electrons. The minimum atomic E-state index is -0.0972. The van der Waals surface area contributed by atoms with Crippen LogP contribution in [0.15, 0.2) is 0 Å². The van der Waals surface area contributed by atoms with Crippen LogP contribution in [0.3, 0.4) is 0 Å². The number of hydrogen-bond acceptors (Lipinski definition) is 1. The Bertz CT molecular complexity index is 119. The molecule has 0 aromatic rings. The Hall–Kier alpha value is -0.530. The van der Waals surface area contributed by atoms with Gasteiger partial charge in [-0.2, -0.15) is 0 Å². The first kappa shape index (κ1) is 14.0. The summed E-state index contributed by atoms with van der Waals surface area (Å²) in [6, 6.07) is 0. The average molecular weight is 173 g/mol. The molecule has 1 saturated heterocycles. The van der Waals surface area contributed by atoms with Crippen molar-refractivity contribution in [2.24, 2.45) is 5.41 Å². The van der Waals surface area contributed by atoms with Crippen LogP contribution in [-0.2, 0) is 4.79 Å². The molecule has 2 nitrogen and oxygen atoms in total. The summed E-state index contributed by atoms with van der Waals surface area (Å²) in [7, 11) is 0. The summed E-state index contributed by atoms with van der Waals surface area (Å²) in [5.41, 5.74) is -0.0972. The van der Waals surface area contributed by atoms with E-state index in [0.717, 1.165) is 13.0 Å². The molecule has 0 aliphatic carbocycles. The first-order valence-electron chi connectivity index (χ1n) is 4.91. The molecule has 0 radical (unpaired) electrons. The third kappa shape index (κ3) is 4.37. The SMILES string of the molecule is CC.CC.CC1(C)CCNC1=O. The van der Waals surface area contributed by atoms with Gasteiger partial charge in [0.1, 0.15) is 0 Å². The fourth-order valence-electron chi connectivity index (χ4n) is 0.841. The van der Waals surface area contributed by atoms with Crippen LogP contribution in [0.25, 0.3) is 0 Å². The zero-order valence-corrected chi connectivity index (χ0v) is 9.32. The van der Waals surface area contributed by atoms with Crippen molar-refractivity contribution in [1.82, 2.24) is 5.32 Å². The highest BCUT2D eigenvalue weighted by atomic mass is 16.2. The van der Waals surface area contributed by atoms with Crippen molar-refractivity contribution in [3.8, 4) is 0 Å². The molecule has 1 N–H and O–H groups in total. The van der Waals surface area contributed by atoms with Gasteiger partial charge in [-0.25, -0.2) is 0 Å². The fourth-order valence-corrected chi connectivity index (χ4v) is 0.841. The molecule has 0 aromatic heterocycles. The Morgan fingerprint density at radius 1 is 1.17 bits per heavy atom. The third-order valence-corrected chi connectivity index (χ3v) is 1.65. The van der Waals surface area contributed by atoms with Gasteiger partial charge in [-0.15, -0.1) is 0 Å². The molecular formula is C10H23NO. The van der Waals surface area contributed by atoms with Gasteiger partial charge in [-0.3, -0.25) is 4.79 Å². The molecule has 0 spiro atoms. The predicted octanol–water partition coefficient (Wildman–Crippen LogP) is 2.58. The molecular weight excluding hydrogens is 150 g/mol. The van der Waals surface area contributed by atoms with E-state index >= 15 is 0 Å². The van der Waals surface area contributed by atoms with Gasteiger partial charge >= 0.3 is 0 Å². The first-order valence-corrected chi connectivity index (χ1v) is 4.91. The Labute approximate surface area is 76.7 Å². The molecule has 1 heterocycles. The third-order valence-electron chi connectivity index (χ3n) is 1.65. The van der Waals surface area contributed by atoms with Gasteiger partial charge in [0.15, 0.2) is 0 Å². The number of carbonyl (C=O) groups excluding carboxylic acids is 1. The van der Waals surface area contributed by atoms with Crippen molar-refractivity contribution in [2.45, 2.75) is 48.0 Å². The van der Waals surface area contributed by atoms with E-state index in [2.05, 4.69) is 5.32 Å². The Morgan fingerprint density at radius 2 is 1.58 bits per heavy atom. The van der Waals surface area contributed by atoms with Crippen LogP contribution >= 0.6 is 0 Å². The van der Waals surface area contributed by atoms with Crippen LogP contribution in [0.1, 0.15) is 48.0 Å². The summed E-state index contributed by atoms with van der Waals surface area (Å²) in [4.78, 5) is 10.8. The van der Waals surface area contributed by atoms with Crippen molar-refractivity contribution < 1.29 is 4.79 Å². The summed E-state index contributed by atoms with van der Waals surface area (Å²) in [6.45, 7) is 12.8. The molecule has 2 heteroatoms. The Balaban J connectivity index is 0. The van der Waals surface area contributed by atoms with Crippen LogP contribution in [0.2, 0.25) is 0 Å². The standard InChI is InChI=1S/C6H11NO.2C2H6/c1-6(2)3-4-7-5(6)8;2*1-2/h3-4H2,1-2H3,(H,7,8);2*1-2H3. The van der Waals surface area contributed by atoms with E-state index in [1.165, 1.54) is 0 Å². The van der Waals surface area contributed by atoms with E-state index < -0.39 is 0 Å². The number of rotatable bonds is 0. The molecule has 0 atom stereocenters. The fraction of sp³-hybridized carbons (Fsp3) is 0.900. The summed E-state index contributed by atoms with van der Waals surface area (Å²) in [5, 5.41) is 2.77. The Kier molecular flexibility index (Phi) is 8.34. The molecule has 0 unspecified atom stereocenters. The largest absolute Gasteiger partial charge is 0.356 e. The molecule has 1 amide bonds. The highest BCUT2D eigenvalue weighted by molar-refractivity contribution is 5.83. The van der Waals surface area contributed by atoms with E-state index in [4.69, 9.17) is 0 Å². The van der Waals surface area contributed by atoms with Crippen molar-refractivity contribution in [1.29, 1.82) is 0 Å². The molecule has 12 heavy (non-hydrogen) atoms. The lowest BCUT2D eigenvalue weighted by Crippen LogP contribution is -2.24. The van der Waals surface area contributed by atoms with Gasteiger partial charge in [0, 0.05) is 12.0 Å². The van der Waals surface area contributed by atoms with Crippen LogP contribution in [0, 0.1) is 5.41 Å². The average Bonchev–Trinajstić information content (AvgIpc) is 2.38. The van der Waals surface area contributed by atoms with Crippen LogP contribution in [0.5, 0.6) is 0 Å². The van der Waals surface area contributed by atoms with Gasteiger partial charge in [-0.1, -0.05) is 41.5 Å². The quantitative estimate of drug-likeness (QED) is 0.599. The summed E-state index contributed by atoms with van der Waals surface area (Å²) < 4.78 is 0. The van der Waals surface area contributed by atoms with Gasteiger partial charge in [0.2, 0.25) is 5.91 Å². The summed E-state index contributed by atoms with van der Waals surface area (Å²) in [5.74, 6) is 0.192. The Morgan fingerprint density at radius 3 is 1.67 bits per heavy atom. The number of carbonyl (C=O) groups is 1. The lowest BCUT2D eigenvalue weighted by molar-refractivity contribution is -0.126. The minimum Gasteiger partial charge on any atom is -0.356 e. The van der Waals surface area contributed by atoms with E-state index in [0.29, 0.717) is 0 Å². The van der Waals surface area contributed by atoms with Crippen molar-refractivity contribution >= 4 is 5.91 Å². The van der Waals surface area contributed by atoms with Crippen LogP contribution < -0.4 is 5.32 Å². The van der Waals surface area contributed by atoms with Gasteiger partial charge in [0.05, 0.1) is 0 Å². The van der Waals surface area contributed by atoms with Gasteiger partial charge in [0.25, 0.3) is 0 Å². The smallest absolute Gasteiger partial charge is 0.225 e. The highest BCUT2D eigenvalue weighted by Gasteiger charge is 2.31. The first-order chi connectivity index (χ1) is 5.63. The normalized spacial score (nSPS) is 18.0. The molecule has 1 fully saturated rings. The maximum atomic E-state index is 10.8. The van der Waals surface area contributed by atoms with Crippen LogP contribution in [-0.4, -0.2) is 12.5 Å². The highest BCUT2D eigenvalue weighted by Crippen LogP contribution is 2.23. The molecule has 1 rings (SSSR count). The van der Waals surface area contributed by atoms with Crippen molar-refractivity contribution in [2.75, 3.05) is 6.54 Å².